The number of hydrogen-bond donors (Lipinski definition) is 1. The van der Waals surface area contributed by atoms with Gasteiger partial charge in [0.25, 0.3) is 0 Å². The number of benzene rings is 1. The van der Waals surface area contributed by atoms with E-state index in [-0.39, 0.29) is 5.54 Å². The molecular formula is C16H18N2. The van der Waals surface area contributed by atoms with E-state index in [0.29, 0.717) is 0 Å². The minimum absolute atomic E-state index is 0.367. The summed E-state index contributed by atoms with van der Waals surface area (Å²) < 4.78 is 0. The molecule has 18 heavy (non-hydrogen) atoms. The first-order valence-corrected chi connectivity index (χ1v) is 6.49. The van der Waals surface area contributed by atoms with E-state index in [1.807, 2.05) is 12.4 Å². The zero-order valence-electron chi connectivity index (χ0n) is 10.7. The van der Waals surface area contributed by atoms with E-state index >= 15 is 0 Å². The zero-order valence-corrected chi connectivity index (χ0v) is 10.7. The molecule has 1 unspecified atom stereocenters. The number of fused-ring (bicyclic) bond motifs is 1. The number of pyridine rings is 1. The van der Waals surface area contributed by atoms with Crippen LogP contribution in [0.3, 0.4) is 0 Å². The van der Waals surface area contributed by atoms with Crippen molar-refractivity contribution in [2.24, 2.45) is 5.73 Å². The summed E-state index contributed by atoms with van der Waals surface area (Å²) in [5, 5.41) is 0. The lowest BCUT2D eigenvalue weighted by molar-refractivity contribution is 0.441. The Hall–Kier alpha value is -1.67. The van der Waals surface area contributed by atoms with Crippen LogP contribution >= 0.6 is 0 Å². The summed E-state index contributed by atoms with van der Waals surface area (Å²) in [4.78, 5) is 4.30. The van der Waals surface area contributed by atoms with Gasteiger partial charge in [0.1, 0.15) is 0 Å². The minimum atomic E-state index is -0.367. The average Bonchev–Trinajstić information content (AvgIpc) is 2.39. The van der Waals surface area contributed by atoms with Crippen LogP contribution in [0, 0.1) is 6.92 Å². The van der Waals surface area contributed by atoms with Crippen LogP contribution in [0.25, 0.3) is 0 Å². The Morgan fingerprint density at radius 2 is 2.06 bits per heavy atom. The third kappa shape index (κ3) is 1.73. The van der Waals surface area contributed by atoms with Crippen molar-refractivity contribution >= 4 is 0 Å². The molecule has 1 aromatic heterocycles. The molecule has 3 rings (SSSR count). The van der Waals surface area contributed by atoms with Gasteiger partial charge in [0.15, 0.2) is 0 Å². The summed E-state index contributed by atoms with van der Waals surface area (Å²) in [6, 6.07) is 10.7. The summed E-state index contributed by atoms with van der Waals surface area (Å²) in [5.74, 6) is 0. The molecule has 0 radical (unpaired) electrons. The van der Waals surface area contributed by atoms with Crippen LogP contribution in [-0.2, 0) is 12.0 Å². The first kappa shape index (κ1) is 11.4. The summed E-state index contributed by atoms with van der Waals surface area (Å²) in [6.45, 7) is 2.06. The van der Waals surface area contributed by atoms with Crippen molar-refractivity contribution in [2.75, 3.05) is 0 Å². The van der Waals surface area contributed by atoms with E-state index in [9.17, 15) is 0 Å². The van der Waals surface area contributed by atoms with Gasteiger partial charge in [-0.2, -0.15) is 0 Å². The van der Waals surface area contributed by atoms with Crippen LogP contribution in [-0.4, -0.2) is 4.98 Å². The maximum atomic E-state index is 6.72. The van der Waals surface area contributed by atoms with Crippen LogP contribution in [0.15, 0.2) is 42.7 Å². The van der Waals surface area contributed by atoms with E-state index in [0.717, 1.165) is 24.8 Å². The van der Waals surface area contributed by atoms with Gasteiger partial charge in [0, 0.05) is 12.4 Å². The van der Waals surface area contributed by atoms with Crippen LogP contribution < -0.4 is 5.73 Å². The molecule has 2 heteroatoms. The monoisotopic (exact) mass is 238 g/mol. The summed E-state index contributed by atoms with van der Waals surface area (Å²) in [5.41, 5.74) is 11.3. The van der Waals surface area contributed by atoms with Gasteiger partial charge in [-0.05, 0) is 48.4 Å². The van der Waals surface area contributed by atoms with E-state index in [1.54, 1.807) is 0 Å². The Kier molecular flexibility index (Phi) is 2.67. The lowest BCUT2D eigenvalue weighted by Gasteiger charge is -2.36. The van der Waals surface area contributed by atoms with Gasteiger partial charge in [0.2, 0.25) is 0 Å². The summed E-state index contributed by atoms with van der Waals surface area (Å²) >= 11 is 0. The molecule has 1 heterocycles. The molecule has 0 bridgehead atoms. The Morgan fingerprint density at radius 1 is 1.22 bits per heavy atom. The fourth-order valence-corrected chi connectivity index (χ4v) is 2.96. The van der Waals surface area contributed by atoms with Crippen LogP contribution in [0.2, 0.25) is 0 Å². The van der Waals surface area contributed by atoms with Crippen molar-refractivity contribution in [3.63, 3.8) is 0 Å². The fraction of sp³-hybridized carbons (Fsp3) is 0.312. The quantitative estimate of drug-likeness (QED) is 0.829. The molecule has 2 N–H and O–H groups in total. The maximum absolute atomic E-state index is 6.72. The van der Waals surface area contributed by atoms with Crippen molar-refractivity contribution in [1.82, 2.24) is 4.98 Å². The highest BCUT2D eigenvalue weighted by Crippen LogP contribution is 2.38. The number of hydrogen-bond acceptors (Lipinski definition) is 2. The van der Waals surface area contributed by atoms with Crippen molar-refractivity contribution in [3.05, 3.63) is 65.0 Å². The van der Waals surface area contributed by atoms with Gasteiger partial charge < -0.3 is 5.73 Å². The molecule has 0 aliphatic heterocycles. The van der Waals surface area contributed by atoms with Crippen molar-refractivity contribution < 1.29 is 0 Å². The van der Waals surface area contributed by atoms with Crippen molar-refractivity contribution in [3.8, 4) is 0 Å². The molecule has 0 fully saturated rings. The highest BCUT2D eigenvalue weighted by Gasteiger charge is 2.34. The topological polar surface area (TPSA) is 38.9 Å². The zero-order chi connectivity index (χ0) is 12.6. The Balaban J connectivity index is 2.16. The number of nitrogens with two attached hydrogens (primary N) is 1. The highest BCUT2D eigenvalue weighted by molar-refractivity contribution is 5.44. The van der Waals surface area contributed by atoms with Gasteiger partial charge in [-0.3, -0.25) is 4.98 Å². The second-order valence-corrected chi connectivity index (χ2v) is 5.23. The van der Waals surface area contributed by atoms with Gasteiger partial charge >= 0.3 is 0 Å². The van der Waals surface area contributed by atoms with E-state index < -0.39 is 0 Å². The van der Waals surface area contributed by atoms with Gasteiger partial charge in [-0.15, -0.1) is 0 Å². The molecule has 2 aromatic rings. The van der Waals surface area contributed by atoms with Crippen molar-refractivity contribution in [2.45, 2.75) is 31.7 Å². The molecule has 1 atom stereocenters. The normalized spacial score (nSPS) is 22.6. The molecule has 2 nitrogen and oxygen atoms in total. The van der Waals surface area contributed by atoms with E-state index in [1.165, 1.54) is 16.7 Å². The largest absolute Gasteiger partial charge is 0.318 e. The second kappa shape index (κ2) is 4.21. The van der Waals surface area contributed by atoms with Gasteiger partial charge in [0.05, 0.1) is 5.54 Å². The number of nitrogens with zero attached hydrogens (tertiary/aromatic N) is 1. The second-order valence-electron chi connectivity index (χ2n) is 5.23. The Bertz CT molecular complexity index is 577. The number of rotatable bonds is 1. The average molecular weight is 238 g/mol. The summed E-state index contributed by atoms with van der Waals surface area (Å²) in [7, 11) is 0. The first-order valence-electron chi connectivity index (χ1n) is 6.49. The lowest BCUT2D eigenvalue weighted by Crippen LogP contribution is -2.41. The molecule has 0 spiro atoms. The Labute approximate surface area is 108 Å². The fourth-order valence-electron chi connectivity index (χ4n) is 2.96. The first-order chi connectivity index (χ1) is 8.70. The van der Waals surface area contributed by atoms with Crippen molar-refractivity contribution in [1.29, 1.82) is 0 Å². The predicted octanol–water partition coefficient (Wildman–Crippen LogP) is 2.93. The summed E-state index contributed by atoms with van der Waals surface area (Å²) in [6.07, 6.45) is 7.06. The molecular weight excluding hydrogens is 220 g/mol. The van der Waals surface area contributed by atoms with Gasteiger partial charge in [-0.1, -0.05) is 30.3 Å². The van der Waals surface area contributed by atoms with Crippen LogP contribution in [0.5, 0.6) is 0 Å². The molecule has 0 saturated heterocycles. The Morgan fingerprint density at radius 3 is 2.89 bits per heavy atom. The number of aromatic nitrogens is 1. The third-order valence-electron chi connectivity index (χ3n) is 3.91. The standard InChI is InChI=1S/C16H18N2/c1-12-9-14(11-18-10-12)16(17)8-4-6-13-5-2-3-7-15(13)16/h2-3,5,7,9-11H,4,6,8,17H2,1H3. The van der Waals surface area contributed by atoms with E-state index in [2.05, 4.69) is 42.2 Å². The highest BCUT2D eigenvalue weighted by atomic mass is 14.8. The maximum Gasteiger partial charge on any atom is 0.0683 e. The SMILES string of the molecule is Cc1cncc(C2(N)CCCc3ccccc32)c1. The predicted molar refractivity (Wildman–Crippen MR) is 73.3 cm³/mol. The molecule has 92 valence electrons. The molecule has 0 saturated carbocycles. The number of aryl methyl sites for hydroxylation is 2. The lowest BCUT2D eigenvalue weighted by atomic mass is 9.73. The van der Waals surface area contributed by atoms with E-state index in [4.69, 9.17) is 5.73 Å². The van der Waals surface area contributed by atoms with Gasteiger partial charge in [-0.25, -0.2) is 0 Å². The van der Waals surface area contributed by atoms with Crippen LogP contribution in [0.4, 0.5) is 0 Å². The molecule has 1 aliphatic carbocycles. The molecule has 1 aromatic carbocycles. The minimum Gasteiger partial charge on any atom is -0.318 e. The third-order valence-corrected chi connectivity index (χ3v) is 3.91. The molecule has 1 aliphatic rings. The molecule has 0 amide bonds. The van der Waals surface area contributed by atoms with Crippen LogP contribution in [0.1, 0.15) is 35.1 Å². The smallest absolute Gasteiger partial charge is 0.0683 e.